The zero-order valence-electron chi connectivity index (χ0n) is 8.77. The number of carbonyl (C=O) groups excluding carboxylic acids is 1. The Morgan fingerprint density at radius 3 is 2.88 bits per heavy atom. The molecule has 0 radical (unpaired) electrons. The number of rotatable bonds is 3. The van der Waals surface area contributed by atoms with Gasteiger partial charge in [-0.1, -0.05) is 0 Å². The van der Waals surface area contributed by atoms with Gasteiger partial charge >= 0.3 is 12.0 Å². The first kappa shape index (κ1) is 11.4. The minimum absolute atomic E-state index is 0.396. The van der Waals surface area contributed by atoms with Gasteiger partial charge in [-0.15, -0.1) is 11.3 Å². The van der Waals surface area contributed by atoms with Crippen molar-refractivity contribution in [3.05, 3.63) is 29.6 Å². The molecule has 0 aliphatic rings. The molecule has 0 bridgehead atoms. The monoisotopic (exact) mass is 250 g/mol. The lowest BCUT2D eigenvalue weighted by atomic mass is 10.2. The lowest BCUT2D eigenvalue weighted by Gasteiger charge is -2.05. The van der Waals surface area contributed by atoms with Gasteiger partial charge in [0.1, 0.15) is 6.54 Å². The van der Waals surface area contributed by atoms with Gasteiger partial charge in [0.05, 0.1) is 0 Å². The van der Waals surface area contributed by atoms with Crippen molar-refractivity contribution in [1.29, 1.82) is 0 Å². The standard InChI is InChI=1S/C11H10N2O3S/c14-10(15)6-12-11(16)13-8-1-2-9-7(5-8)3-4-17-9/h1-5H,6H2,(H,14,15)(H2,12,13,16). The lowest BCUT2D eigenvalue weighted by Crippen LogP contribution is -2.33. The van der Waals surface area contributed by atoms with E-state index in [4.69, 9.17) is 5.11 Å². The Morgan fingerprint density at radius 2 is 2.12 bits per heavy atom. The van der Waals surface area contributed by atoms with Crippen molar-refractivity contribution in [2.24, 2.45) is 0 Å². The Morgan fingerprint density at radius 1 is 1.29 bits per heavy atom. The maximum absolute atomic E-state index is 11.3. The predicted molar refractivity (Wildman–Crippen MR) is 66.5 cm³/mol. The normalized spacial score (nSPS) is 10.1. The smallest absolute Gasteiger partial charge is 0.323 e. The van der Waals surface area contributed by atoms with E-state index >= 15 is 0 Å². The molecule has 0 atom stereocenters. The van der Waals surface area contributed by atoms with Gasteiger partial charge < -0.3 is 15.7 Å². The van der Waals surface area contributed by atoms with Crippen molar-refractivity contribution in [3.63, 3.8) is 0 Å². The third kappa shape index (κ3) is 2.94. The van der Waals surface area contributed by atoms with Crippen LogP contribution in [0.1, 0.15) is 0 Å². The molecule has 1 heterocycles. The number of aliphatic carboxylic acids is 1. The van der Waals surface area contributed by atoms with Crippen molar-refractivity contribution < 1.29 is 14.7 Å². The number of fused-ring (bicyclic) bond motifs is 1. The van der Waals surface area contributed by atoms with Crippen LogP contribution < -0.4 is 10.6 Å². The number of carboxylic acid groups (broad SMARTS) is 1. The Balaban J connectivity index is 2.02. The number of thiophene rings is 1. The fraction of sp³-hybridized carbons (Fsp3) is 0.0909. The third-order valence-electron chi connectivity index (χ3n) is 2.11. The van der Waals surface area contributed by atoms with Gasteiger partial charge in [-0.05, 0) is 35.0 Å². The van der Waals surface area contributed by atoms with Crippen LogP contribution in [-0.2, 0) is 4.79 Å². The second-order valence-electron chi connectivity index (χ2n) is 3.37. The quantitative estimate of drug-likeness (QED) is 0.780. The summed E-state index contributed by atoms with van der Waals surface area (Å²) in [6.45, 7) is -0.396. The molecule has 3 N–H and O–H groups in total. The van der Waals surface area contributed by atoms with E-state index in [9.17, 15) is 9.59 Å². The Bertz CT molecular complexity index is 565. The summed E-state index contributed by atoms with van der Waals surface area (Å²) in [5.74, 6) is -1.08. The molecule has 0 saturated heterocycles. The van der Waals surface area contributed by atoms with Crippen LogP contribution in [0.5, 0.6) is 0 Å². The van der Waals surface area contributed by atoms with Crippen molar-refractivity contribution in [1.82, 2.24) is 5.32 Å². The molecule has 0 unspecified atom stereocenters. The second-order valence-corrected chi connectivity index (χ2v) is 4.32. The van der Waals surface area contributed by atoms with Crippen molar-refractivity contribution in [3.8, 4) is 0 Å². The van der Waals surface area contributed by atoms with Gasteiger partial charge in [0.25, 0.3) is 0 Å². The first-order valence-corrected chi connectivity index (χ1v) is 5.77. The highest BCUT2D eigenvalue weighted by atomic mass is 32.1. The molecule has 0 saturated carbocycles. The van der Waals surface area contributed by atoms with Crippen LogP contribution in [0.15, 0.2) is 29.6 Å². The molecule has 0 aliphatic heterocycles. The summed E-state index contributed by atoms with van der Waals surface area (Å²) in [4.78, 5) is 21.6. The summed E-state index contributed by atoms with van der Waals surface area (Å²) in [5, 5.41) is 16.2. The molecule has 17 heavy (non-hydrogen) atoms. The van der Waals surface area contributed by atoms with Crippen LogP contribution in [0.3, 0.4) is 0 Å². The Hall–Kier alpha value is -2.08. The maximum Gasteiger partial charge on any atom is 0.323 e. The number of hydrogen-bond donors (Lipinski definition) is 3. The lowest BCUT2D eigenvalue weighted by molar-refractivity contribution is -0.135. The van der Waals surface area contributed by atoms with Crippen LogP contribution >= 0.6 is 11.3 Å². The SMILES string of the molecule is O=C(O)CNC(=O)Nc1ccc2sccc2c1. The molecule has 0 fully saturated rings. The number of benzene rings is 1. The van der Waals surface area contributed by atoms with Gasteiger partial charge in [0, 0.05) is 10.4 Å². The molecule has 2 rings (SSSR count). The first-order valence-electron chi connectivity index (χ1n) is 4.89. The number of carbonyl (C=O) groups is 2. The molecule has 1 aromatic carbocycles. The van der Waals surface area contributed by atoms with Gasteiger partial charge in [-0.3, -0.25) is 4.79 Å². The van der Waals surface area contributed by atoms with Gasteiger partial charge in [0.2, 0.25) is 0 Å². The highest BCUT2D eigenvalue weighted by molar-refractivity contribution is 7.17. The van der Waals surface area contributed by atoms with E-state index in [1.165, 1.54) is 0 Å². The molecule has 5 nitrogen and oxygen atoms in total. The zero-order valence-corrected chi connectivity index (χ0v) is 9.58. The Kier molecular flexibility index (Phi) is 3.24. The number of hydrogen-bond acceptors (Lipinski definition) is 3. The fourth-order valence-corrected chi connectivity index (χ4v) is 2.15. The van der Waals surface area contributed by atoms with Crippen molar-refractivity contribution >= 4 is 39.1 Å². The molecular weight excluding hydrogens is 240 g/mol. The molecule has 0 spiro atoms. The average molecular weight is 250 g/mol. The Labute approximate surface area is 101 Å². The third-order valence-corrected chi connectivity index (χ3v) is 3.01. The highest BCUT2D eigenvalue weighted by Crippen LogP contribution is 2.23. The van der Waals surface area contributed by atoms with Crippen molar-refractivity contribution in [2.45, 2.75) is 0 Å². The van der Waals surface area contributed by atoms with Crippen molar-refractivity contribution in [2.75, 3.05) is 11.9 Å². The van der Waals surface area contributed by atoms with Gasteiger partial charge in [-0.2, -0.15) is 0 Å². The summed E-state index contributed by atoms with van der Waals surface area (Å²) in [7, 11) is 0. The van der Waals surface area contributed by atoms with E-state index in [2.05, 4.69) is 10.6 Å². The van der Waals surface area contributed by atoms with E-state index in [0.717, 1.165) is 10.1 Å². The first-order chi connectivity index (χ1) is 8.15. The van der Waals surface area contributed by atoms with E-state index in [0.29, 0.717) is 5.69 Å². The number of anilines is 1. The second kappa shape index (κ2) is 4.84. The maximum atomic E-state index is 11.3. The van der Waals surface area contributed by atoms with E-state index in [1.807, 2.05) is 23.6 Å². The molecular formula is C11H10N2O3S. The summed E-state index contributed by atoms with van der Waals surface area (Å²) < 4.78 is 1.14. The molecule has 88 valence electrons. The van der Waals surface area contributed by atoms with Gasteiger partial charge in [-0.25, -0.2) is 4.79 Å². The summed E-state index contributed by atoms with van der Waals surface area (Å²) in [6.07, 6.45) is 0. The van der Waals surface area contributed by atoms with E-state index in [1.54, 1.807) is 17.4 Å². The molecule has 2 amide bonds. The van der Waals surface area contributed by atoms with Crippen LogP contribution in [0.2, 0.25) is 0 Å². The summed E-state index contributed by atoms with van der Waals surface area (Å²) in [6, 6.07) is 6.96. The number of nitrogens with one attached hydrogen (secondary N) is 2. The van der Waals surface area contributed by atoms with Crippen LogP contribution in [0.4, 0.5) is 10.5 Å². The predicted octanol–water partition coefficient (Wildman–Crippen LogP) is 2.11. The number of amides is 2. The fourth-order valence-electron chi connectivity index (χ4n) is 1.38. The van der Waals surface area contributed by atoms with E-state index in [-0.39, 0.29) is 0 Å². The molecule has 1 aromatic heterocycles. The summed E-state index contributed by atoms with van der Waals surface area (Å²) in [5.41, 5.74) is 0.638. The highest BCUT2D eigenvalue weighted by Gasteiger charge is 2.04. The minimum atomic E-state index is -1.08. The number of carboxylic acids is 1. The van der Waals surface area contributed by atoms with Crippen LogP contribution in [0, 0.1) is 0 Å². The molecule has 0 aliphatic carbocycles. The minimum Gasteiger partial charge on any atom is -0.480 e. The zero-order chi connectivity index (χ0) is 12.3. The number of urea groups is 1. The van der Waals surface area contributed by atoms with Crippen LogP contribution in [0.25, 0.3) is 10.1 Å². The topological polar surface area (TPSA) is 78.4 Å². The van der Waals surface area contributed by atoms with Crippen LogP contribution in [-0.4, -0.2) is 23.7 Å². The van der Waals surface area contributed by atoms with Gasteiger partial charge in [0.15, 0.2) is 0 Å². The molecule has 2 aromatic rings. The largest absolute Gasteiger partial charge is 0.480 e. The molecule has 6 heteroatoms. The van der Waals surface area contributed by atoms with E-state index < -0.39 is 18.5 Å². The average Bonchev–Trinajstić information content (AvgIpc) is 2.73. The summed E-state index contributed by atoms with van der Waals surface area (Å²) >= 11 is 1.62.